The van der Waals surface area contributed by atoms with Gasteiger partial charge in [-0.05, 0) is 85.4 Å². The number of fused-ring (bicyclic) bond motifs is 1. The minimum atomic E-state index is -0.719. The highest BCUT2D eigenvalue weighted by molar-refractivity contribution is 5.73. The third-order valence-electron chi connectivity index (χ3n) is 8.12. The molecule has 0 saturated heterocycles. The lowest BCUT2D eigenvalue weighted by molar-refractivity contribution is -0.142. The Morgan fingerprint density at radius 1 is 1.11 bits per heavy atom. The Hall–Kier alpha value is -3.45. The van der Waals surface area contributed by atoms with Gasteiger partial charge in [-0.15, -0.1) is 0 Å². The molecule has 37 heavy (non-hydrogen) atoms. The van der Waals surface area contributed by atoms with E-state index in [9.17, 15) is 9.90 Å². The van der Waals surface area contributed by atoms with E-state index in [-0.39, 0.29) is 36.5 Å². The third kappa shape index (κ3) is 4.68. The molecule has 194 valence electrons. The van der Waals surface area contributed by atoms with E-state index in [1.54, 1.807) is 0 Å². The number of carbonyl (C=O) groups is 1. The van der Waals surface area contributed by atoms with Crippen LogP contribution in [0.1, 0.15) is 59.3 Å². The average molecular weight is 503 g/mol. The van der Waals surface area contributed by atoms with E-state index in [1.807, 2.05) is 32.9 Å². The molecule has 2 aliphatic carbocycles. The molecular formula is C30H34N2O5. The van der Waals surface area contributed by atoms with Crippen LogP contribution in [0.4, 0.5) is 0 Å². The van der Waals surface area contributed by atoms with E-state index < -0.39 is 5.97 Å². The highest BCUT2D eigenvalue weighted by Crippen LogP contribution is 2.65. The quantitative estimate of drug-likeness (QED) is 0.417. The topological polar surface area (TPSA) is 102 Å². The van der Waals surface area contributed by atoms with Gasteiger partial charge in [0.25, 0.3) is 0 Å². The first kappa shape index (κ1) is 25.2. The summed E-state index contributed by atoms with van der Waals surface area (Å²) < 4.78 is 11.7. The first-order chi connectivity index (χ1) is 17.7. The first-order valence-corrected chi connectivity index (χ1v) is 12.9. The van der Waals surface area contributed by atoms with Crippen LogP contribution in [0.25, 0.3) is 11.1 Å². The summed E-state index contributed by atoms with van der Waals surface area (Å²) in [5, 5.41) is 18.7. The maximum absolute atomic E-state index is 11.8. The second-order valence-corrected chi connectivity index (χ2v) is 10.5. The number of ether oxygens (including phenoxy) is 2. The van der Waals surface area contributed by atoms with E-state index in [2.05, 4.69) is 41.2 Å². The van der Waals surface area contributed by atoms with Crippen molar-refractivity contribution in [1.29, 1.82) is 0 Å². The Morgan fingerprint density at radius 3 is 2.49 bits per heavy atom. The van der Waals surface area contributed by atoms with Gasteiger partial charge in [-0.2, -0.15) is 9.97 Å². The molecule has 5 rings (SSSR count). The summed E-state index contributed by atoms with van der Waals surface area (Å²) >= 11 is 0. The van der Waals surface area contributed by atoms with Crippen molar-refractivity contribution in [2.45, 2.75) is 59.5 Å². The van der Waals surface area contributed by atoms with Crippen molar-refractivity contribution in [1.82, 2.24) is 9.97 Å². The fourth-order valence-corrected chi connectivity index (χ4v) is 6.09. The number of nitrogens with zero attached hydrogens (tertiary/aromatic N) is 2. The predicted molar refractivity (Wildman–Crippen MR) is 140 cm³/mol. The summed E-state index contributed by atoms with van der Waals surface area (Å²) in [5.41, 5.74) is 8.38. The van der Waals surface area contributed by atoms with Crippen molar-refractivity contribution in [3.8, 4) is 22.9 Å². The van der Waals surface area contributed by atoms with Gasteiger partial charge in [-0.3, -0.25) is 4.79 Å². The van der Waals surface area contributed by atoms with Crippen molar-refractivity contribution in [2.24, 2.45) is 11.3 Å². The molecular weight excluding hydrogens is 468 g/mol. The molecule has 1 spiro atoms. The van der Waals surface area contributed by atoms with Gasteiger partial charge in [0.2, 0.25) is 0 Å². The van der Waals surface area contributed by atoms with Crippen LogP contribution in [-0.4, -0.2) is 39.4 Å². The number of carboxylic acids is 1. The largest absolute Gasteiger partial charge is 0.489 e. The van der Waals surface area contributed by atoms with Gasteiger partial charge >= 0.3 is 12.0 Å². The standard InChI is InChI=1S/C30H34N2O5/c1-17-21(6-5-7-24(17)26-19(3)31-29(32-20(26)4)36-13-12-33)16-37-23-8-9-25-22(14-23)15-30(10-11-30)27(25)18(2)28(34)35/h5-9,14,18,27,33H,10-13,15-16H2,1-4H3,(H,34,35). The predicted octanol–water partition coefficient (Wildman–Crippen LogP) is 5.16. The van der Waals surface area contributed by atoms with Crippen molar-refractivity contribution in [3.05, 3.63) is 70.0 Å². The molecule has 7 nitrogen and oxygen atoms in total. The molecule has 0 amide bonds. The Balaban J connectivity index is 1.36. The number of hydrogen-bond acceptors (Lipinski definition) is 6. The Morgan fingerprint density at radius 2 is 1.84 bits per heavy atom. The summed E-state index contributed by atoms with van der Waals surface area (Å²) in [5.74, 6) is -0.207. The van der Waals surface area contributed by atoms with E-state index in [1.165, 1.54) is 11.1 Å². The number of carboxylic acid groups (broad SMARTS) is 1. The van der Waals surface area contributed by atoms with Crippen LogP contribution in [0, 0.1) is 32.1 Å². The van der Waals surface area contributed by atoms with E-state index in [4.69, 9.17) is 14.6 Å². The minimum absolute atomic E-state index is 0.0853. The first-order valence-electron chi connectivity index (χ1n) is 12.9. The second-order valence-electron chi connectivity index (χ2n) is 10.5. The molecule has 2 N–H and O–H groups in total. The zero-order valence-corrected chi connectivity index (χ0v) is 21.9. The highest BCUT2D eigenvalue weighted by atomic mass is 16.5. The lowest BCUT2D eigenvalue weighted by Gasteiger charge is -2.23. The molecule has 2 atom stereocenters. The SMILES string of the molecule is Cc1nc(OCCO)nc(C)c1-c1cccc(COc2ccc3c(c2)CC2(CC2)C3C(C)C(=O)O)c1C. The Kier molecular flexibility index (Phi) is 6.67. The molecule has 2 aliphatic rings. The molecule has 1 heterocycles. The lowest BCUT2D eigenvalue weighted by Crippen LogP contribution is -2.23. The van der Waals surface area contributed by atoms with Crippen LogP contribution in [-0.2, 0) is 17.8 Å². The molecule has 2 unspecified atom stereocenters. The number of aliphatic hydroxyl groups is 1. The maximum Gasteiger partial charge on any atom is 0.316 e. The number of benzene rings is 2. The van der Waals surface area contributed by atoms with Crippen molar-refractivity contribution in [3.63, 3.8) is 0 Å². The number of rotatable bonds is 9. The molecule has 0 bridgehead atoms. The molecule has 1 aromatic heterocycles. The second kappa shape index (κ2) is 9.78. The summed E-state index contributed by atoms with van der Waals surface area (Å²) in [6, 6.07) is 12.6. The van der Waals surface area contributed by atoms with Crippen LogP contribution in [0.2, 0.25) is 0 Å². The van der Waals surface area contributed by atoms with Gasteiger partial charge in [0.05, 0.1) is 23.9 Å². The van der Waals surface area contributed by atoms with Gasteiger partial charge in [-0.25, -0.2) is 0 Å². The normalized spacial score (nSPS) is 17.9. The van der Waals surface area contributed by atoms with E-state index in [0.717, 1.165) is 58.7 Å². The molecule has 0 aliphatic heterocycles. The smallest absolute Gasteiger partial charge is 0.316 e. The minimum Gasteiger partial charge on any atom is -0.489 e. The fourth-order valence-electron chi connectivity index (χ4n) is 6.09. The van der Waals surface area contributed by atoms with Gasteiger partial charge in [0.1, 0.15) is 19.0 Å². The molecule has 2 aromatic carbocycles. The van der Waals surface area contributed by atoms with Gasteiger partial charge in [0, 0.05) is 11.5 Å². The van der Waals surface area contributed by atoms with E-state index in [0.29, 0.717) is 6.61 Å². The zero-order chi connectivity index (χ0) is 26.3. The average Bonchev–Trinajstić information content (AvgIpc) is 3.55. The molecule has 3 aromatic rings. The van der Waals surface area contributed by atoms with Crippen molar-refractivity contribution < 1.29 is 24.5 Å². The van der Waals surface area contributed by atoms with Gasteiger partial charge < -0.3 is 19.7 Å². The lowest BCUT2D eigenvalue weighted by atomic mass is 9.80. The number of aryl methyl sites for hydroxylation is 2. The Labute approximate surface area is 217 Å². The van der Waals surface area contributed by atoms with Crippen LogP contribution in [0.5, 0.6) is 11.8 Å². The number of aliphatic hydroxyl groups excluding tert-OH is 1. The van der Waals surface area contributed by atoms with Crippen LogP contribution in [0.15, 0.2) is 36.4 Å². The van der Waals surface area contributed by atoms with E-state index >= 15 is 0 Å². The zero-order valence-electron chi connectivity index (χ0n) is 21.9. The van der Waals surface area contributed by atoms with Crippen LogP contribution >= 0.6 is 0 Å². The number of hydrogen-bond donors (Lipinski definition) is 2. The summed E-state index contributed by atoms with van der Waals surface area (Å²) in [7, 11) is 0. The maximum atomic E-state index is 11.8. The van der Waals surface area contributed by atoms with Gasteiger partial charge in [-0.1, -0.05) is 31.2 Å². The highest BCUT2D eigenvalue weighted by Gasteiger charge is 2.57. The molecule has 7 heteroatoms. The van der Waals surface area contributed by atoms with Crippen LogP contribution in [0.3, 0.4) is 0 Å². The number of aliphatic carboxylic acids is 1. The fraction of sp³-hybridized carbons (Fsp3) is 0.433. The number of aromatic nitrogens is 2. The van der Waals surface area contributed by atoms with Crippen molar-refractivity contribution in [2.75, 3.05) is 13.2 Å². The molecule has 0 radical (unpaired) electrons. The Bertz CT molecular complexity index is 1320. The molecule has 1 fully saturated rings. The summed E-state index contributed by atoms with van der Waals surface area (Å²) in [4.78, 5) is 20.7. The molecule has 1 saturated carbocycles. The summed E-state index contributed by atoms with van der Waals surface area (Å²) in [6.07, 6.45) is 3.14. The third-order valence-corrected chi connectivity index (χ3v) is 8.12. The van der Waals surface area contributed by atoms with Crippen LogP contribution < -0.4 is 9.47 Å². The summed E-state index contributed by atoms with van der Waals surface area (Å²) in [6.45, 7) is 8.30. The van der Waals surface area contributed by atoms with Gasteiger partial charge in [0.15, 0.2) is 0 Å². The van der Waals surface area contributed by atoms with Crippen molar-refractivity contribution >= 4 is 5.97 Å². The monoisotopic (exact) mass is 502 g/mol.